The van der Waals surface area contributed by atoms with Crippen molar-refractivity contribution in [1.82, 2.24) is 8.96 Å². The fourth-order valence-corrected chi connectivity index (χ4v) is 15.4. The molecule has 0 bridgehead atoms. The summed E-state index contributed by atoms with van der Waals surface area (Å²) in [7, 11) is 0. The van der Waals surface area contributed by atoms with Crippen LogP contribution < -0.4 is 0 Å². The van der Waals surface area contributed by atoms with Gasteiger partial charge < -0.3 is 35.2 Å². The largest absolute Gasteiger partial charge is 0.737 e. The minimum absolute atomic E-state index is 0.629. The number of halogens is 4. The van der Waals surface area contributed by atoms with Gasteiger partial charge in [0, 0.05) is 47.5 Å². The summed E-state index contributed by atoms with van der Waals surface area (Å²) in [6, 6.07) is 39.5. The van der Waals surface area contributed by atoms with Crippen LogP contribution in [0.15, 0.2) is 143 Å². The third kappa shape index (κ3) is 5.99. The molecule has 6 heterocycles. The Balaban J connectivity index is 0.927. The van der Waals surface area contributed by atoms with E-state index in [-0.39, 0.29) is 0 Å². The zero-order valence-electron chi connectivity index (χ0n) is 45.7. The average Bonchev–Trinajstić information content (AvgIpc) is 4.25. The zero-order valence-corrected chi connectivity index (χ0v) is 45.7. The number of benzene rings is 7. The molecular formula is C66H62B2F4N4. The second kappa shape index (κ2) is 16.5. The Morgan fingerprint density at radius 2 is 0.724 bits per heavy atom. The molecule has 4 aliphatic rings. The maximum atomic E-state index is 17.0. The van der Waals surface area contributed by atoms with E-state index in [0.29, 0.717) is 71.3 Å². The number of aromatic nitrogens is 2. The Hall–Kier alpha value is -7.45. The minimum atomic E-state index is -4.11. The lowest BCUT2D eigenvalue weighted by Crippen LogP contribution is -2.51. The van der Waals surface area contributed by atoms with Gasteiger partial charge in [-0.25, -0.2) is 0 Å². The molecule has 0 radical (unpaired) electrons. The predicted molar refractivity (Wildman–Crippen MR) is 312 cm³/mol. The number of allylic oxidation sites excluding steroid dienone is 4. The zero-order chi connectivity index (χ0) is 53.3. The third-order valence-corrected chi connectivity index (χ3v) is 18.6. The first kappa shape index (κ1) is 48.2. The van der Waals surface area contributed by atoms with E-state index in [2.05, 4.69) is 137 Å². The lowest BCUT2D eigenvalue weighted by atomic mass is 9.82. The van der Waals surface area contributed by atoms with Gasteiger partial charge in [0.2, 0.25) is 0 Å². The molecule has 0 fully saturated rings. The monoisotopic (exact) mass is 1010 g/mol. The van der Waals surface area contributed by atoms with Gasteiger partial charge in [0.1, 0.15) is 11.4 Å². The molecule has 0 atom stereocenters. The van der Waals surface area contributed by atoms with Crippen molar-refractivity contribution in [3.8, 4) is 22.3 Å². The molecule has 0 spiro atoms. The van der Waals surface area contributed by atoms with Gasteiger partial charge in [-0.1, -0.05) is 137 Å². The van der Waals surface area contributed by atoms with Crippen LogP contribution in [-0.4, -0.2) is 43.3 Å². The molecule has 0 unspecified atom stereocenters. The fourth-order valence-electron chi connectivity index (χ4n) is 15.4. The first-order valence-corrected chi connectivity index (χ1v) is 27.4. The van der Waals surface area contributed by atoms with Gasteiger partial charge in [0.05, 0.1) is 11.1 Å². The summed E-state index contributed by atoms with van der Waals surface area (Å²) in [6.45, 7) is 15.5. The summed E-state index contributed by atoms with van der Waals surface area (Å²) in [4.78, 5) is 0. The van der Waals surface area contributed by atoms with Crippen LogP contribution in [0.2, 0.25) is 0 Å². The average molecular weight is 1010 g/mol. The Kier molecular flexibility index (Phi) is 10.5. The summed E-state index contributed by atoms with van der Waals surface area (Å²) in [5.74, 6) is 0. The standard InChI is InChI=1S/C66H62B2F4N4/c1-13-47-35(5)63-59(64-36(6)48(14-2)40(10)74(64)67(69,70)73(63)39(47)9)45-27-23-43(24-28-45)51-31-33-57-58-34-32-52(54-20-18-22-56(62(54)58)55-21-17-19-53(51)61(55)57)44-25-29-46(30-26-44)60-65-37(7)49(15-3)41(11)75(65)68(71,72)76-42(12)50(16-4)38(8)66(60)76/h17-34H,13-16H2,1-12H3. The van der Waals surface area contributed by atoms with Crippen molar-refractivity contribution in [2.24, 2.45) is 0 Å². The number of nitrogens with zero attached hydrogens (tertiary/aromatic N) is 4. The Morgan fingerprint density at radius 3 is 1.07 bits per heavy atom. The lowest BCUT2D eigenvalue weighted by Gasteiger charge is -2.34. The Morgan fingerprint density at radius 1 is 0.395 bits per heavy atom. The van der Waals surface area contributed by atoms with E-state index in [1.165, 1.54) is 50.2 Å². The van der Waals surface area contributed by atoms with Gasteiger partial charge in [-0.3, -0.25) is 0 Å². The first-order chi connectivity index (χ1) is 36.4. The van der Waals surface area contributed by atoms with Crippen molar-refractivity contribution in [2.75, 3.05) is 0 Å². The highest BCUT2D eigenvalue weighted by molar-refractivity contribution is 6.59. The quantitative estimate of drug-likeness (QED) is 0.0624. The topological polar surface area (TPSA) is 15.9 Å². The number of fused-ring (bicyclic) bond motifs is 6. The molecule has 7 aromatic carbocycles. The molecule has 4 aliphatic heterocycles. The Labute approximate surface area is 442 Å². The molecule has 76 heavy (non-hydrogen) atoms. The highest BCUT2D eigenvalue weighted by Crippen LogP contribution is 2.51. The van der Waals surface area contributed by atoms with E-state index in [0.717, 1.165) is 99.8 Å². The maximum absolute atomic E-state index is 17.0. The number of rotatable bonds is 8. The van der Waals surface area contributed by atoms with Gasteiger partial charge in [-0.2, -0.15) is 0 Å². The van der Waals surface area contributed by atoms with Crippen LogP contribution in [0.25, 0.3) is 76.5 Å². The van der Waals surface area contributed by atoms with E-state index < -0.39 is 13.9 Å². The van der Waals surface area contributed by atoms with Crippen LogP contribution >= 0.6 is 0 Å². The highest BCUT2D eigenvalue weighted by Gasteiger charge is 2.58. The van der Waals surface area contributed by atoms with Crippen LogP contribution in [0.4, 0.5) is 17.3 Å². The van der Waals surface area contributed by atoms with Gasteiger partial charge in [-0.15, -0.1) is 0 Å². The third-order valence-electron chi connectivity index (χ3n) is 18.6. The van der Waals surface area contributed by atoms with Gasteiger partial charge in [-0.05, 0) is 177 Å². The number of hydrogen-bond acceptors (Lipinski definition) is 0. The first-order valence-electron chi connectivity index (χ1n) is 27.4. The van der Waals surface area contributed by atoms with Crippen molar-refractivity contribution >= 4 is 79.6 Å². The molecule has 13 rings (SSSR count). The summed E-state index contributed by atoms with van der Waals surface area (Å²) in [5, 5.41) is 9.45. The summed E-state index contributed by atoms with van der Waals surface area (Å²) in [6.07, 6.45) is 2.73. The molecule has 380 valence electrons. The van der Waals surface area contributed by atoms with Crippen molar-refractivity contribution in [2.45, 2.75) is 109 Å². The summed E-state index contributed by atoms with van der Waals surface area (Å²) in [5.41, 5.74) is 20.7. The van der Waals surface area contributed by atoms with Crippen LogP contribution in [0.3, 0.4) is 0 Å². The molecule has 0 saturated carbocycles. The van der Waals surface area contributed by atoms with Gasteiger partial charge >= 0.3 is 13.9 Å². The highest BCUT2D eigenvalue weighted by atomic mass is 19.3. The molecule has 4 nitrogen and oxygen atoms in total. The normalized spacial score (nSPS) is 17.1. The maximum Gasteiger partial charge on any atom is 0.737 e. The molecule has 0 amide bonds. The van der Waals surface area contributed by atoms with E-state index in [4.69, 9.17) is 0 Å². The SMILES string of the molecule is CCC1=C(C)C2=C(c3ccc(-c4ccc5c6ccc(-c7ccc(C8=C9C(C)=C(CC)C(C)=[N+]9[B-](F)(F)n9c(C)c(CC)c(C)c98)cc7)c7cccc(c8cccc4c85)c76)cc3)c3c(C)c(CC)c(C)n3[B-](F)(F)[N+]2=C1C. The van der Waals surface area contributed by atoms with Crippen molar-refractivity contribution < 1.29 is 26.2 Å². The fraction of sp³-hybridized carbons (Fsp3) is 0.242. The smallest absolute Gasteiger partial charge is 0.393 e. The van der Waals surface area contributed by atoms with E-state index in [9.17, 15) is 0 Å². The molecule has 10 heteroatoms. The van der Waals surface area contributed by atoms with Crippen LogP contribution in [0.5, 0.6) is 0 Å². The summed E-state index contributed by atoms with van der Waals surface area (Å²) >= 11 is 0. The summed E-state index contributed by atoms with van der Waals surface area (Å²) < 4.78 is 73.6. The Bertz CT molecular complexity index is 4020. The second-order valence-electron chi connectivity index (χ2n) is 21.9. The molecule has 0 N–H and O–H groups in total. The van der Waals surface area contributed by atoms with E-state index >= 15 is 17.3 Å². The second-order valence-corrected chi connectivity index (χ2v) is 21.9. The molecule has 9 aromatic rings. The van der Waals surface area contributed by atoms with Crippen molar-refractivity contribution in [1.29, 1.82) is 0 Å². The molecular weight excluding hydrogens is 946 g/mol. The van der Waals surface area contributed by atoms with Gasteiger partial charge in [0.25, 0.3) is 0 Å². The van der Waals surface area contributed by atoms with Gasteiger partial charge in [0.15, 0.2) is 11.4 Å². The predicted octanol–water partition coefficient (Wildman–Crippen LogP) is 17.5. The molecule has 0 aliphatic carbocycles. The number of hydrogen-bond donors (Lipinski definition) is 0. The van der Waals surface area contributed by atoms with Crippen molar-refractivity contribution in [3.63, 3.8) is 0 Å². The molecule has 2 aromatic heterocycles. The van der Waals surface area contributed by atoms with Crippen LogP contribution in [-0.2, 0) is 12.8 Å². The molecule has 0 saturated heterocycles. The minimum Gasteiger partial charge on any atom is -0.393 e. The van der Waals surface area contributed by atoms with E-state index in [1.807, 2.05) is 55.4 Å². The van der Waals surface area contributed by atoms with Crippen LogP contribution in [0, 0.1) is 27.7 Å². The van der Waals surface area contributed by atoms with Crippen molar-refractivity contribution in [3.05, 3.63) is 199 Å². The van der Waals surface area contributed by atoms with E-state index in [1.54, 1.807) is 0 Å². The lowest BCUT2D eigenvalue weighted by molar-refractivity contribution is -0.364. The van der Waals surface area contributed by atoms with Crippen LogP contribution in [0.1, 0.15) is 124 Å².